The smallest absolute Gasteiger partial charge is 0.261 e. The quantitative estimate of drug-likeness (QED) is 0.595. The molecule has 1 heterocycles. The van der Waals surface area contributed by atoms with Gasteiger partial charge in [-0.05, 0) is 37.8 Å². The maximum Gasteiger partial charge on any atom is 0.261 e. The van der Waals surface area contributed by atoms with E-state index in [0.29, 0.717) is 16.7 Å². The maximum absolute atomic E-state index is 13.2. The Morgan fingerprint density at radius 3 is 2.61 bits per heavy atom. The standard InChI is InChI=1S/C23H33N3O2/c1-4-6-7-10-16-26(22(27)17-12-11-13-17)20(5-2)21-24-19-15-9-8-14-18(19)23(28)25(21)3/h8-9,14-15,17,20H,4-7,10-13,16H2,1-3H3. The van der Waals surface area contributed by atoms with Crippen molar-refractivity contribution < 1.29 is 4.79 Å². The number of fused-ring (bicyclic) bond motifs is 1. The first-order chi connectivity index (χ1) is 13.6. The number of benzene rings is 1. The molecular formula is C23H33N3O2. The molecule has 28 heavy (non-hydrogen) atoms. The average molecular weight is 384 g/mol. The van der Waals surface area contributed by atoms with E-state index in [1.807, 2.05) is 29.2 Å². The molecule has 0 radical (unpaired) electrons. The number of hydrogen-bond donors (Lipinski definition) is 0. The van der Waals surface area contributed by atoms with Gasteiger partial charge < -0.3 is 4.90 Å². The Morgan fingerprint density at radius 1 is 1.21 bits per heavy atom. The van der Waals surface area contributed by atoms with Crippen molar-refractivity contribution in [1.82, 2.24) is 14.5 Å². The topological polar surface area (TPSA) is 55.2 Å². The van der Waals surface area contributed by atoms with Crippen molar-refractivity contribution in [2.45, 2.75) is 71.3 Å². The number of carbonyl (C=O) groups excluding carboxylic acids is 1. The molecule has 1 amide bonds. The molecule has 152 valence electrons. The molecule has 1 unspecified atom stereocenters. The van der Waals surface area contributed by atoms with Crippen LogP contribution in [0.4, 0.5) is 0 Å². The van der Waals surface area contributed by atoms with E-state index in [1.54, 1.807) is 11.6 Å². The van der Waals surface area contributed by atoms with E-state index in [2.05, 4.69) is 13.8 Å². The first-order valence-corrected chi connectivity index (χ1v) is 10.8. The second kappa shape index (κ2) is 9.35. The third-order valence-corrected chi connectivity index (χ3v) is 6.07. The van der Waals surface area contributed by atoms with Crippen LogP contribution in [0.5, 0.6) is 0 Å². The molecule has 1 atom stereocenters. The Balaban J connectivity index is 1.96. The molecule has 1 aromatic carbocycles. The van der Waals surface area contributed by atoms with Crippen LogP contribution in [-0.4, -0.2) is 26.9 Å². The van der Waals surface area contributed by atoms with E-state index in [9.17, 15) is 9.59 Å². The van der Waals surface area contributed by atoms with Gasteiger partial charge in [0.2, 0.25) is 5.91 Å². The molecule has 0 spiro atoms. The molecular weight excluding hydrogens is 350 g/mol. The van der Waals surface area contributed by atoms with Crippen molar-refractivity contribution in [3.05, 3.63) is 40.4 Å². The van der Waals surface area contributed by atoms with Crippen LogP contribution in [0.2, 0.25) is 0 Å². The summed E-state index contributed by atoms with van der Waals surface area (Å²) in [6, 6.07) is 7.31. The monoisotopic (exact) mass is 383 g/mol. The number of carbonyl (C=O) groups is 1. The number of nitrogens with zero attached hydrogens (tertiary/aromatic N) is 3. The van der Waals surface area contributed by atoms with Crippen molar-refractivity contribution in [3.63, 3.8) is 0 Å². The molecule has 5 nitrogen and oxygen atoms in total. The summed E-state index contributed by atoms with van der Waals surface area (Å²) in [6.07, 6.45) is 8.38. The lowest BCUT2D eigenvalue weighted by molar-refractivity contribution is -0.141. The summed E-state index contributed by atoms with van der Waals surface area (Å²) < 4.78 is 1.64. The highest BCUT2D eigenvalue weighted by molar-refractivity contribution is 5.80. The van der Waals surface area contributed by atoms with Gasteiger partial charge in [-0.1, -0.05) is 51.7 Å². The molecule has 1 saturated carbocycles. The largest absolute Gasteiger partial charge is 0.332 e. The fourth-order valence-electron chi connectivity index (χ4n) is 4.09. The summed E-state index contributed by atoms with van der Waals surface area (Å²) in [5.74, 6) is 1.10. The first-order valence-electron chi connectivity index (χ1n) is 10.8. The van der Waals surface area contributed by atoms with Crippen molar-refractivity contribution >= 4 is 16.8 Å². The van der Waals surface area contributed by atoms with Gasteiger partial charge >= 0.3 is 0 Å². The highest BCUT2D eigenvalue weighted by Crippen LogP contribution is 2.33. The minimum absolute atomic E-state index is 0.0407. The van der Waals surface area contributed by atoms with Gasteiger partial charge in [0, 0.05) is 19.5 Å². The lowest BCUT2D eigenvalue weighted by atomic mass is 9.84. The van der Waals surface area contributed by atoms with E-state index in [4.69, 9.17) is 4.98 Å². The number of para-hydroxylation sites is 1. The third-order valence-electron chi connectivity index (χ3n) is 6.07. The highest BCUT2D eigenvalue weighted by atomic mass is 16.2. The zero-order valence-electron chi connectivity index (χ0n) is 17.5. The first kappa shape index (κ1) is 20.6. The van der Waals surface area contributed by atoms with Crippen LogP contribution in [0.15, 0.2) is 29.1 Å². The molecule has 1 aromatic heterocycles. The number of aromatic nitrogens is 2. The van der Waals surface area contributed by atoms with Gasteiger partial charge in [-0.2, -0.15) is 0 Å². The van der Waals surface area contributed by atoms with Gasteiger partial charge in [-0.15, -0.1) is 0 Å². The predicted molar refractivity (Wildman–Crippen MR) is 113 cm³/mol. The van der Waals surface area contributed by atoms with E-state index >= 15 is 0 Å². The molecule has 3 rings (SSSR count). The van der Waals surface area contributed by atoms with Crippen LogP contribution < -0.4 is 5.56 Å². The summed E-state index contributed by atoms with van der Waals surface area (Å²) in [4.78, 5) is 33.0. The molecule has 0 bridgehead atoms. The number of unbranched alkanes of at least 4 members (excludes halogenated alkanes) is 3. The van der Waals surface area contributed by atoms with Crippen LogP contribution in [0, 0.1) is 5.92 Å². The van der Waals surface area contributed by atoms with Crippen LogP contribution in [-0.2, 0) is 11.8 Å². The van der Waals surface area contributed by atoms with Gasteiger partial charge in [0.25, 0.3) is 5.56 Å². The third kappa shape index (κ3) is 4.13. The summed E-state index contributed by atoms with van der Waals surface area (Å²) >= 11 is 0. The van der Waals surface area contributed by atoms with Gasteiger partial charge in [0.15, 0.2) is 0 Å². The van der Waals surface area contributed by atoms with E-state index in [0.717, 1.165) is 45.1 Å². The highest BCUT2D eigenvalue weighted by Gasteiger charge is 2.34. The van der Waals surface area contributed by atoms with Crippen LogP contribution in [0.3, 0.4) is 0 Å². The Kier molecular flexibility index (Phi) is 6.87. The lowest BCUT2D eigenvalue weighted by Gasteiger charge is -2.37. The van der Waals surface area contributed by atoms with E-state index in [-0.39, 0.29) is 23.4 Å². The second-order valence-electron chi connectivity index (χ2n) is 8.00. The molecule has 0 N–H and O–H groups in total. The second-order valence-corrected chi connectivity index (χ2v) is 8.00. The number of hydrogen-bond acceptors (Lipinski definition) is 3. The Hall–Kier alpha value is -2.17. The minimum atomic E-state index is -0.156. The van der Waals surface area contributed by atoms with Crippen LogP contribution in [0.1, 0.15) is 77.1 Å². The number of amides is 1. The molecule has 0 saturated heterocycles. The fourth-order valence-corrected chi connectivity index (χ4v) is 4.09. The Labute approximate surface area is 167 Å². The average Bonchev–Trinajstić information content (AvgIpc) is 2.66. The summed E-state index contributed by atoms with van der Waals surface area (Å²) in [7, 11) is 1.78. The van der Waals surface area contributed by atoms with Gasteiger partial charge in [0.1, 0.15) is 5.82 Å². The van der Waals surface area contributed by atoms with E-state index in [1.165, 1.54) is 12.8 Å². The fraction of sp³-hybridized carbons (Fsp3) is 0.609. The molecule has 1 aliphatic carbocycles. The Bertz CT molecular complexity index is 870. The predicted octanol–water partition coefficient (Wildman–Crippen LogP) is 4.59. The lowest BCUT2D eigenvalue weighted by Crippen LogP contribution is -2.43. The summed E-state index contributed by atoms with van der Waals surface area (Å²) in [5, 5.41) is 0.628. The SMILES string of the molecule is CCCCCCN(C(=O)C1CCC1)C(CC)c1nc2ccccc2c(=O)n1C. The van der Waals surface area contributed by atoms with Crippen molar-refractivity contribution in [1.29, 1.82) is 0 Å². The van der Waals surface area contributed by atoms with Crippen molar-refractivity contribution in [3.8, 4) is 0 Å². The number of rotatable bonds is 9. The van der Waals surface area contributed by atoms with Crippen molar-refractivity contribution in [2.24, 2.45) is 13.0 Å². The molecule has 2 aromatic rings. The van der Waals surface area contributed by atoms with E-state index < -0.39 is 0 Å². The zero-order chi connectivity index (χ0) is 20.1. The molecule has 1 aliphatic rings. The summed E-state index contributed by atoms with van der Waals surface area (Å²) in [5.41, 5.74) is 0.669. The molecule has 0 aliphatic heterocycles. The van der Waals surface area contributed by atoms with Gasteiger partial charge in [-0.25, -0.2) is 4.98 Å². The molecule has 5 heteroatoms. The van der Waals surface area contributed by atoms with Crippen LogP contribution in [0.25, 0.3) is 10.9 Å². The maximum atomic E-state index is 13.2. The van der Waals surface area contributed by atoms with Gasteiger partial charge in [0.05, 0.1) is 16.9 Å². The normalized spacial score (nSPS) is 15.4. The summed E-state index contributed by atoms with van der Waals surface area (Å²) in [6.45, 7) is 5.02. The van der Waals surface area contributed by atoms with Crippen molar-refractivity contribution in [2.75, 3.05) is 6.54 Å². The van der Waals surface area contributed by atoms with Gasteiger partial charge in [-0.3, -0.25) is 14.2 Å². The Morgan fingerprint density at radius 2 is 1.96 bits per heavy atom. The minimum Gasteiger partial charge on any atom is -0.332 e. The molecule has 1 fully saturated rings. The van der Waals surface area contributed by atoms with Crippen LogP contribution >= 0.6 is 0 Å². The zero-order valence-corrected chi connectivity index (χ0v) is 17.5.